The molecule has 1 aromatic heterocycles. The number of nitrogens with one attached hydrogen (secondary N) is 2. The normalized spacial score (nSPS) is 10.4. The van der Waals surface area contributed by atoms with E-state index in [0.717, 1.165) is 40.2 Å². The number of benzene rings is 1. The van der Waals surface area contributed by atoms with E-state index in [9.17, 15) is 4.79 Å². The number of unbranched alkanes of at least 4 members (excludes halogenated alkanes) is 1. The number of anilines is 1. The standard InChI is InChI=1S/C16H22N4O2S2/c1-3-4-8-17-15-19-20-16(24-15)23-11-14(21)18-10-12-6-5-7-13(9-12)22-2/h5-7,9H,3-4,8,10-11H2,1-2H3,(H,17,19)(H,18,21). The molecule has 2 rings (SSSR count). The van der Waals surface area contributed by atoms with Gasteiger partial charge in [0.15, 0.2) is 4.34 Å². The van der Waals surface area contributed by atoms with Crippen molar-refractivity contribution in [2.24, 2.45) is 0 Å². The fourth-order valence-electron chi connectivity index (χ4n) is 1.87. The Kier molecular flexibility index (Phi) is 7.84. The van der Waals surface area contributed by atoms with E-state index in [1.807, 2.05) is 24.3 Å². The van der Waals surface area contributed by atoms with Gasteiger partial charge < -0.3 is 15.4 Å². The van der Waals surface area contributed by atoms with Gasteiger partial charge in [-0.1, -0.05) is 48.6 Å². The third-order valence-electron chi connectivity index (χ3n) is 3.16. The quantitative estimate of drug-likeness (QED) is 0.497. The smallest absolute Gasteiger partial charge is 0.230 e. The zero-order valence-corrected chi connectivity index (χ0v) is 15.5. The van der Waals surface area contributed by atoms with Crippen molar-refractivity contribution in [2.75, 3.05) is 24.7 Å². The van der Waals surface area contributed by atoms with Crippen LogP contribution in [0.5, 0.6) is 5.75 Å². The van der Waals surface area contributed by atoms with Crippen molar-refractivity contribution in [1.29, 1.82) is 0 Å². The summed E-state index contributed by atoms with van der Waals surface area (Å²) in [5.74, 6) is 1.08. The molecule has 1 aromatic carbocycles. The largest absolute Gasteiger partial charge is 0.497 e. The van der Waals surface area contributed by atoms with Crippen LogP contribution in [0, 0.1) is 0 Å². The Hall–Kier alpha value is -1.80. The topological polar surface area (TPSA) is 76.1 Å². The molecule has 1 heterocycles. The highest BCUT2D eigenvalue weighted by atomic mass is 32.2. The molecule has 0 aliphatic carbocycles. The van der Waals surface area contributed by atoms with Crippen molar-refractivity contribution >= 4 is 34.1 Å². The van der Waals surface area contributed by atoms with Gasteiger partial charge >= 0.3 is 0 Å². The maximum absolute atomic E-state index is 11.9. The van der Waals surface area contributed by atoms with Gasteiger partial charge in [0.25, 0.3) is 0 Å². The van der Waals surface area contributed by atoms with Gasteiger partial charge in [0.1, 0.15) is 5.75 Å². The lowest BCUT2D eigenvalue weighted by molar-refractivity contribution is -0.118. The Morgan fingerprint density at radius 2 is 2.25 bits per heavy atom. The molecule has 0 fully saturated rings. The molecule has 0 unspecified atom stereocenters. The summed E-state index contributed by atoms with van der Waals surface area (Å²) in [7, 11) is 1.63. The number of nitrogens with zero attached hydrogens (tertiary/aromatic N) is 2. The van der Waals surface area contributed by atoms with Crippen molar-refractivity contribution < 1.29 is 9.53 Å². The Morgan fingerprint density at radius 3 is 3.04 bits per heavy atom. The van der Waals surface area contributed by atoms with Crippen LogP contribution >= 0.6 is 23.1 Å². The highest BCUT2D eigenvalue weighted by molar-refractivity contribution is 8.01. The van der Waals surface area contributed by atoms with Crippen molar-refractivity contribution in [2.45, 2.75) is 30.6 Å². The maximum Gasteiger partial charge on any atom is 0.230 e. The summed E-state index contributed by atoms with van der Waals surface area (Å²) >= 11 is 2.88. The average molecular weight is 367 g/mol. The molecule has 0 radical (unpaired) electrons. The summed E-state index contributed by atoms with van der Waals surface area (Å²) in [6.45, 7) is 3.53. The number of amides is 1. The average Bonchev–Trinajstić information content (AvgIpc) is 3.06. The monoisotopic (exact) mass is 366 g/mol. The molecule has 2 N–H and O–H groups in total. The Bertz CT molecular complexity index is 649. The van der Waals surface area contributed by atoms with Crippen LogP contribution in [0.25, 0.3) is 0 Å². The Morgan fingerprint density at radius 1 is 1.38 bits per heavy atom. The minimum atomic E-state index is -0.0292. The first-order valence-corrected chi connectivity index (χ1v) is 9.61. The van der Waals surface area contributed by atoms with Gasteiger partial charge in [-0.25, -0.2) is 0 Å². The lowest BCUT2D eigenvalue weighted by atomic mass is 10.2. The molecule has 130 valence electrons. The summed E-state index contributed by atoms with van der Waals surface area (Å²) in [4.78, 5) is 11.9. The Balaban J connectivity index is 1.71. The number of methoxy groups -OCH3 is 1. The number of carbonyl (C=O) groups excluding carboxylic acids is 1. The highest BCUT2D eigenvalue weighted by Gasteiger charge is 2.08. The molecule has 2 aromatic rings. The van der Waals surface area contributed by atoms with E-state index in [1.165, 1.54) is 23.1 Å². The number of hydrogen-bond donors (Lipinski definition) is 2. The molecular weight excluding hydrogens is 344 g/mol. The molecular formula is C16H22N4O2S2. The van der Waals surface area contributed by atoms with Crippen molar-refractivity contribution in [3.8, 4) is 5.75 Å². The second-order valence-corrected chi connectivity index (χ2v) is 7.27. The van der Waals surface area contributed by atoms with Gasteiger partial charge in [-0.15, -0.1) is 10.2 Å². The maximum atomic E-state index is 11.9. The summed E-state index contributed by atoms with van der Waals surface area (Å²) in [6, 6.07) is 7.65. The van der Waals surface area contributed by atoms with Gasteiger partial charge in [-0.2, -0.15) is 0 Å². The van der Waals surface area contributed by atoms with Crippen LogP contribution < -0.4 is 15.4 Å². The molecule has 0 atom stereocenters. The van der Waals surface area contributed by atoms with E-state index >= 15 is 0 Å². The first-order valence-electron chi connectivity index (χ1n) is 7.81. The van der Waals surface area contributed by atoms with Crippen LogP contribution in [0.2, 0.25) is 0 Å². The molecule has 0 aliphatic heterocycles. The van der Waals surface area contributed by atoms with Crippen LogP contribution in [0.4, 0.5) is 5.13 Å². The number of carbonyl (C=O) groups is 1. The van der Waals surface area contributed by atoms with Crippen molar-refractivity contribution in [1.82, 2.24) is 15.5 Å². The number of hydrogen-bond acceptors (Lipinski definition) is 7. The number of ether oxygens (including phenoxy) is 1. The van der Waals surface area contributed by atoms with E-state index in [-0.39, 0.29) is 5.91 Å². The third-order valence-corrected chi connectivity index (χ3v) is 5.18. The predicted molar refractivity (Wildman–Crippen MR) is 98.9 cm³/mol. The van der Waals surface area contributed by atoms with E-state index in [4.69, 9.17) is 4.74 Å². The zero-order chi connectivity index (χ0) is 17.2. The van der Waals surface area contributed by atoms with Gasteiger partial charge in [0.2, 0.25) is 11.0 Å². The first kappa shape index (κ1) is 18.5. The second-order valence-electron chi connectivity index (χ2n) is 5.07. The summed E-state index contributed by atoms with van der Waals surface area (Å²) in [6.07, 6.45) is 2.25. The van der Waals surface area contributed by atoms with Crippen LogP contribution in [0.3, 0.4) is 0 Å². The predicted octanol–water partition coefficient (Wildman–Crippen LogP) is 3.17. The minimum absolute atomic E-state index is 0.0292. The molecule has 6 nitrogen and oxygen atoms in total. The molecule has 0 saturated heterocycles. The van der Waals surface area contributed by atoms with Crippen LogP contribution in [-0.4, -0.2) is 35.5 Å². The van der Waals surface area contributed by atoms with E-state index in [2.05, 4.69) is 27.8 Å². The number of aromatic nitrogens is 2. The van der Waals surface area contributed by atoms with Crippen molar-refractivity contribution in [3.05, 3.63) is 29.8 Å². The van der Waals surface area contributed by atoms with Crippen molar-refractivity contribution in [3.63, 3.8) is 0 Å². The fourth-order valence-corrected chi connectivity index (χ4v) is 3.48. The van der Waals surface area contributed by atoms with Gasteiger partial charge in [-0.05, 0) is 24.1 Å². The second kappa shape index (κ2) is 10.1. The fraction of sp³-hybridized carbons (Fsp3) is 0.438. The molecule has 24 heavy (non-hydrogen) atoms. The van der Waals surface area contributed by atoms with Crippen LogP contribution in [0.15, 0.2) is 28.6 Å². The van der Waals surface area contributed by atoms with Crippen LogP contribution in [0.1, 0.15) is 25.3 Å². The van der Waals surface area contributed by atoms with E-state index in [1.54, 1.807) is 7.11 Å². The molecule has 0 bridgehead atoms. The molecule has 8 heteroatoms. The summed E-state index contributed by atoms with van der Waals surface area (Å²) in [5, 5.41) is 15.1. The zero-order valence-electron chi connectivity index (χ0n) is 13.9. The molecule has 1 amide bonds. The lowest BCUT2D eigenvalue weighted by Gasteiger charge is -2.06. The molecule has 0 aliphatic rings. The van der Waals surface area contributed by atoms with Crippen LogP contribution in [-0.2, 0) is 11.3 Å². The summed E-state index contributed by atoms with van der Waals surface area (Å²) < 4.78 is 5.96. The number of rotatable bonds is 10. The SMILES string of the molecule is CCCCNc1nnc(SCC(=O)NCc2cccc(OC)c2)s1. The Labute approximate surface area is 150 Å². The van der Waals surface area contributed by atoms with E-state index in [0.29, 0.717) is 12.3 Å². The van der Waals surface area contributed by atoms with Gasteiger partial charge in [-0.3, -0.25) is 4.79 Å². The summed E-state index contributed by atoms with van der Waals surface area (Å²) in [5.41, 5.74) is 1.01. The first-order chi connectivity index (χ1) is 11.7. The molecule has 0 saturated carbocycles. The minimum Gasteiger partial charge on any atom is -0.497 e. The highest BCUT2D eigenvalue weighted by Crippen LogP contribution is 2.25. The third kappa shape index (κ3) is 6.37. The molecule has 0 spiro atoms. The van der Waals surface area contributed by atoms with Gasteiger partial charge in [0, 0.05) is 13.1 Å². The lowest BCUT2D eigenvalue weighted by Crippen LogP contribution is -2.24. The van der Waals surface area contributed by atoms with E-state index < -0.39 is 0 Å². The van der Waals surface area contributed by atoms with Gasteiger partial charge in [0.05, 0.1) is 12.9 Å². The number of thioether (sulfide) groups is 1.